The lowest BCUT2D eigenvalue weighted by Crippen LogP contribution is -2.50. The van der Waals surface area contributed by atoms with Crippen LogP contribution in [0.1, 0.15) is 51.9 Å². The van der Waals surface area contributed by atoms with Gasteiger partial charge in [-0.3, -0.25) is 0 Å². The van der Waals surface area contributed by atoms with E-state index in [1.807, 2.05) is 6.92 Å². The minimum Gasteiger partial charge on any atom is -0.480 e. The Bertz CT molecular complexity index is 370. The highest BCUT2D eigenvalue weighted by molar-refractivity contribution is 5.82. The standard InChI is InChI=1S/C15H24N2O3/c1-3-8-13(14(18)19)17-15(20)16-12(4-2)11-9-6-5-7-10-11/h1,11-13H,4-10H2,2H3,(H,18,19)(H2,16,17,20). The first-order valence-electron chi connectivity index (χ1n) is 7.31. The number of carboxylic acid groups (broad SMARTS) is 1. The number of carbonyl (C=O) groups is 2. The van der Waals surface area contributed by atoms with Crippen LogP contribution in [0.4, 0.5) is 4.79 Å². The van der Waals surface area contributed by atoms with Gasteiger partial charge in [0.25, 0.3) is 0 Å². The Morgan fingerprint density at radius 1 is 1.30 bits per heavy atom. The largest absolute Gasteiger partial charge is 0.480 e. The third-order valence-electron chi connectivity index (χ3n) is 3.90. The fraction of sp³-hybridized carbons (Fsp3) is 0.733. The molecule has 0 saturated heterocycles. The summed E-state index contributed by atoms with van der Waals surface area (Å²) >= 11 is 0. The van der Waals surface area contributed by atoms with Gasteiger partial charge in [-0.05, 0) is 25.2 Å². The van der Waals surface area contributed by atoms with Crippen molar-refractivity contribution in [1.82, 2.24) is 10.6 Å². The van der Waals surface area contributed by atoms with Crippen LogP contribution in [0.2, 0.25) is 0 Å². The Hall–Kier alpha value is -1.70. The number of carboxylic acids is 1. The number of hydrogen-bond donors (Lipinski definition) is 3. The molecule has 3 N–H and O–H groups in total. The van der Waals surface area contributed by atoms with E-state index < -0.39 is 18.0 Å². The maximum Gasteiger partial charge on any atom is 0.327 e. The molecular formula is C15H24N2O3. The lowest BCUT2D eigenvalue weighted by molar-refractivity contribution is -0.139. The van der Waals surface area contributed by atoms with Gasteiger partial charge in [0.15, 0.2) is 0 Å². The van der Waals surface area contributed by atoms with Crippen molar-refractivity contribution in [3.8, 4) is 12.3 Å². The molecule has 1 saturated carbocycles. The normalized spacial score (nSPS) is 18.6. The van der Waals surface area contributed by atoms with Crippen molar-refractivity contribution in [2.75, 3.05) is 0 Å². The first-order chi connectivity index (χ1) is 9.58. The van der Waals surface area contributed by atoms with Crippen LogP contribution >= 0.6 is 0 Å². The number of aliphatic carboxylic acids is 1. The molecule has 0 bridgehead atoms. The van der Waals surface area contributed by atoms with Crippen LogP contribution < -0.4 is 10.6 Å². The molecule has 20 heavy (non-hydrogen) atoms. The average molecular weight is 280 g/mol. The molecule has 0 aromatic rings. The van der Waals surface area contributed by atoms with E-state index in [-0.39, 0.29) is 12.5 Å². The first-order valence-corrected chi connectivity index (χ1v) is 7.31. The van der Waals surface area contributed by atoms with Crippen molar-refractivity contribution >= 4 is 12.0 Å². The molecule has 5 nitrogen and oxygen atoms in total. The molecule has 0 spiro atoms. The molecule has 0 aromatic heterocycles. The van der Waals surface area contributed by atoms with Gasteiger partial charge < -0.3 is 15.7 Å². The number of rotatable bonds is 6. The van der Waals surface area contributed by atoms with Gasteiger partial charge in [0.05, 0.1) is 0 Å². The summed E-state index contributed by atoms with van der Waals surface area (Å²) in [5, 5.41) is 14.3. The third kappa shape index (κ3) is 5.12. The first kappa shape index (κ1) is 16.4. The van der Waals surface area contributed by atoms with Crippen molar-refractivity contribution in [2.24, 2.45) is 5.92 Å². The van der Waals surface area contributed by atoms with Gasteiger partial charge in [-0.15, -0.1) is 12.3 Å². The highest BCUT2D eigenvalue weighted by Crippen LogP contribution is 2.27. The van der Waals surface area contributed by atoms with Crippen LogP contribution in [-0.4, -0.2) is 29.2 Å². The smallest absolute Gasteiger partial charge is 0.327 e. The molecule has 1 aliphatic rings. The summed E-state index contributed by atoms with van der Waals surface area (Å²) < 4.78 is 0. The predicted molar refractivity (Wildman–Crippen MR) is 77.2 cm³/mol. The monoisotopic (exact) mass is 280 g/mol. The molecule has 0 aromatic carbocycles. The minimum absolute atomic E-state index is 0.0109. The second-order valence-corrected chi connectivity index (χ2v) is 5.33. The Labute approximate surface area is 120 Å². The Kier molecular flexibility index (Phi) is 6.92. The molecule has 5 heteroatoms. The molecule has 1 aliphatic carbocycles. The lowest BCUT2D eigenvalue weighted by Gasteiger charge is -2.30. The second kappa shape index (κ2) is 8.47. The number of carbonyl (C=O) groups excluding carboxylic acids is 1. The van der Waals surface area contributed by atoms with Crippen LogP contribution in [0.5, 0.6) is 0 Å². The molecular weight excluding hydrogens is 256 g/mol. The molecule has 1 fully saturated rings. The lowest BCUT2D eigenvalue weighted by atomic mass is 9.83. The van der Waals surface area contributed by atoms with E-state index in [0.717, 1.165) is 19.3 Å². The quantitative estimate of drug-likeness (QED) is 0.652. The van der Waals surface area contributed by atoms with Crippen molar-refractivity contribution in [3.63, 3.8) is 0 Å². The maximum absolute atomic E-state index is 11.9. The number of hydrogen-bond acceptors (Lipinski definition) is 2. The molecule has 0 radical (unpaired) electrons. The van der Waals surface area contributed by atoms with E-state index in [4.69, 9.17) is 11.5 Å². The summed E-state index contributed by atoms with van der Waals surface area (Å²) in [5.74, 6) is 1.65. The van der Waals surface area contributed by atoms with Crippen molar-refractivity contribution in [3.05, 3.63) is 0 Å². The summed E-state index contributed by atoms with van der Waals surface area (Å²) in [6, 6.07) is -1.36. The van der Waals surface area contributed by atoms with E-state index in [2.05, 4.69) is 16.6 Å². The van der Waals surface area contributed by atoms with Gasteiger partial charge in [-0.25, -0.2) is 9.59 Å². The van der Waals surface area contributed by atoms with E-state index in [1.165, 1.54) is 19.3 Å². The van der Waals surface area contributed by atoms with Gasteiger partial charge in [0, 0.05) is 12.5 Å². The van der Waals surface area contributed by atoms with Crippen molar-refractivity contribution in [2.45, 2.75) is 64.0 Å². The van der Waals surface area contributed by atoms with Crippen molar-refractivity contribution in [1.29, 1.82) is 0 Å². The van der Waals surface area contributed by atoms with Crippen LogP contribution in [0.25, 0.3) is 0 Å². The number of amides is 2. The highest BCUT2D eigenvalue weighted by atomic mass is 16.4. The molecule has 2 unspecified atom stereocenters. The van der Waals surface area contributed by atoms with Gasteiger partial charge in [0.2, 0.25) is 0 Å². The number of terminal acetylenes is 1. The minimum atomic E-state index is -1.11. The van der Waals surface area contributed by atoms with Gasteiger partial charge >= 0.3 is 12.0 Å². The van der Waals surface area contributed by atoms with Gasteiger partial charge in [-0.2, -0.15) is 0 Å². The van der Waals surface area contributed by atoms with Crippen LogP contribution in [0, 0.1) is 18.3 Å². The number of urea groups is 1. The van der Waals surface area contributed by atoms with Crippen LogP contribution in [-0.2, 0) is 4.79 Å². The second-order valence-electron chi connectivity index (χ2n) is 5.33. The van der Waals surface area contributed by atoms with Crippen LogP contribution in [0.3, 0.4) is 0 Å². The van der Waals surface area contributed by atoms with Crippen LogP contribution in [0.15, 0.2) is 0 Å². The Balaban J connectivity index is 2.49. The summed E-state index contributed by atoms with van der Waals surface area (Å²) in [7, 11) is 0. The maximum atomic E-state index is 11.9. The molecule has 2 amide bonds. The predicted octanol–water partition coefficient (Wildman–Crippen LogP) is 2.12. The fourth-order valence-corrected chi connectivity index (χ4v) is 2.78. The van der Waals surface area contributed by atoms with E-state index >= 15 is 0 Å². The topological polar surface area (TPSA) is 78.4 Å². The molecule has 2 atom stereocenters. The summed E-state index contributed by atoms with van der Waals surface area (Å²) in [6.07, 6.45) is 11.9. The van der Waals surface area contributed by atoms with Gasteiger partial charge in [-0.1, -0.05) is 26.2 Å². The zero-order valence-electron chi connectivity index (χ0n) is 12.0. The molecule has 0 aliphatic heterocycles. The third-order valence-corrected chi connectivity index (χ3v) is 3.90. The van der Waals surface area contributed by atoms with Gasteiger partial charge in [0.1, 0.15) is 6.04 Å². The zero-order chi connectivity index (χ0) is 15.0. The summed E-state index contributed by atoms with van der Waals surface area (Å²) in [6.45, 7) is 2.04. The molecule has 1 rings (SSSR count). The molecule has 112 valence electrons. The SMILES string of the molecule is C#CCC(NC(=O)NC(CC)C1CCCCC1)C(=O)O. The van der Waals surface area contributed by atoms with E-state index in [9.17, 15) is 9.59 Å². The van der Waals surface area contributed by atoms with E-state index in [0.29, 0.717) is 5.92 Å². The average Bonchev–Trinajstić information content (AvgIpc) is 2.45. The Morgan fingerprint density at radius 3 is 2.45 bits per heavy atom. The molecule has 0 heterocycles. The Morgan fingerprint density at radius 2 is 1.95 bits per heavy atom. The summed E-state index contributed by atoms with van der Waals surface area (Å²) in [5.41, 5.74) is 0. The summed E-state index contributed by atoms with van der Waals surface area (Å²) in [4.78, 5) is 22.8. The zero-order valence-corrected chi connectivity index (χ0v) is 12.0. The van der Waals surface area contributed by atoms with E-state index in [1.54, 1.807) is 0 Å². The highest BCUT2D eigenvalue weighted by Gasteiger charge is 2.25. The fourth-order valence-electron chi connectivity index (χ4n) is 2.78. The number of nitrogens with one attached hydrogen (secondary N) is 2. The van der Waals surface area contributed by atoms with Crippen molar-refractivity contribution < 1.29 is 14.7 Å².